The average Bonchev–Trinajstić information content (AvgIpc) is 2.47. The van der Waals surface area contributed by atoms with Gasteiger partial charge >= 0.3 is 0 Å². The van der Waals surface area contributed by atoms with Crippen LogP contribution in [0.1, 0.15) is 12.5 Å². The molecule has 0 amide bonds. The number of rotatable bonds is 4. The Kier molecular flexibility index (Phi) is 4.03. The second-order valence-corrected chi connectivity index (χ2v) is 3.96. The van der Waals surface area contributed by atoms with E-state index in [1.165, 1.54) is 0 Å². The molecule has 2 rings (SSSR count). The molecule has 4 heteroatoms. The normalized spacial score (nSPS) is 11.3. The van der Waals surface area contributed by atoms with Gasteiger partial charge in [-0.05, 0) is 18.6 Å². The molecule has 0 spiro atoms. The fourth-order valence-corrected chi connectivity index (χ4v) is 1.97. The van der Waals surface area contributed by atoms with Crippen LogP contribution in [0.15, 0.2) is 53.7 Å². The van der Waals surface area contributed by atoms with Crippen molar-refractivity contribution in [2.24, 2.45) is 10.9 Å². The highest BCUT2D eigenvalue weighted by atomic mass is 16.5. The lowest BCUT2D eigenvalue weighted by atomic mass is 9.98. The number of amidine groups is 1. The summed E-state index contributed by atoms with van der Waals surface area (Å²) in [4.78, 5) is 0. The maximum atomic E-state index is 8.86. The van der Waals surface area contributed by atoms with E-state index in [1.54, 1.807) is 0 Å². The highest BCUT2D eigenvalue weighted by molar-refractivity contribution is 6.03. The zero-order valence-corrected chi connectivity index (χ0v) is 10.7. The van der Waals surface area contributed by atoms with Crippen LogP contribution in [0.5, 0.6) is 5.75 Å². The van der Waals surface area contributed by atoms with Crippen molar-refractivity contribution in [3.8, 4) is 16.9 Å². The molecule has 0 radical (unpaired) electrons. The Bertz CT molecular complexity index is 594. The molecule has 0 atom stereocenters. The molecule has 0 aromatic heterocycles. The monoisotopic (exact) mass is 256 g/mol. The first-order valence-electron chi connectivity index (χ1n) is 6.07. The van der Waals surface area contributed by atoms with Crippen molar-refractivity contribution in [1.82, 2.24) is 0 Å². The van der Waals surface area contributed by atoms with E-state index < -0.39 is 0 Å². The zero-order valence-electron chi connectivity index (χ0n) is 10.7. The number of oxime groups is 1. The van der Waals surface area contributed by atoms with Gasteiger partial charge in [0.1, 0.15) is 5.75 Å². The van der Waals surface area contributed by atoms with E-state index in [2.05, 4.69) is 5.16 Å². The topological polar surface area (TPSA) is 67.8 Å². The van der Waals surface area contributed by atoms with Crippen LogP contribution >= 0.6 is 0 Å². The molecule has 2 aromatic rings. The summed E-state index contributed by atoms with van der Waals surface area (Å²) < 4.78 is 5.62. The first-order chi connectivity index (χ1) is 9.27. The van der Waals surface area contributed by atoms with Gasteiger partial charge in [-0.2, -0.15) is 0 Å². The number of hydrogen-bond acceptors (Lipinski definition) is 3. The van der Waals surface area contributed by atoms with Gasteiger partial charge in [-0.25, -0.2) is 0 Å². The molecule has 98 valence electrons. The number of ether oxygens (including phenoxy) is 1. The third-order valence-electron chi connectivity index (χ3n) is 2.79. The third kappa shape index (κ3) is 2.68. The quantitative estimate of drug-likeness (QED) is 0.382. The lowest BCUT2D eigenvalue weighted by Crippen LogP contribution is -2.14. The van der Waals surface area contributed by atoms with E-state index in [4.69, 9.17) is 15.7 Å². The van der Waals surface area contributed by atoms with Gasteiger partial charge in [0.2, 0.25) is 0 Å². The first-order valence-corrected chi connectivity index (χ1v) is 6.07. The summed E-state index contributed by atoms with van der Waals surface area (Å²) >= 11 is 0. The van der Waals surface area contributed by atoms with Gasteiger partial charge in [0.25, 0.3) is 0 Å². The van der Waals surface area contributed by atoms with Crippen LogP contribution in [-0.4, -0.2) is 17.6 Å². The number of nitrogens with two attached hydrogens (primary N) is 1. The van der Waals surface area contributed by atoms with E-state index in [-0.39, 0.29) is 5.84 Å². The molecule has 0 aliphatic heterocycles. The lowest BCUT2D eigenvalue weighted by Gasteiger charge is -2.13. The smallest absolute Gasteiger partial charge is 0.170 e. The number of hydrogen-bond donors (Lipinski definition) is 2. The molecule has 0 aliphatic rings. The SMILES string of the molecule is CCOc1ccccc1-c1ccccc1C(N)=NO. The fourth-order valence-electron chi connectivity index (χ4n) is 1.97. The van der Waals surface area contributed by atoms with Crippen LogP contribution in [-0.2, 0) is 0 Å². The Hall–Kier alpha value is -2.49. The predicted octanol–water partition coefficient (Wildman–Crippen LogP) is 2.85. The van der Waals surface area contributed by atoms with E-state index >= 15 is 0 Å². The van der Waals surface area contributed by atoms with Crippen molar-refractivity contribution >= 4 is 5.84 Å². The third-order valence-corrected chi connectivity index (χ3v) is 2.79. The van der Waals surface area contributed by atoms with Crippen molar-refractivity contribution in [3.05, 3.63) is 54.1 Å². The van der Waals surface area contributed by atoms with Crippen molar-refractivity contribution in [2.75, 3.05) is 6.61 Å². The lowest BCUT2D eigenvalue weighted by molar-refractivity contribution is 0.318. The average molecular weight is 256 g/mol. The van der Waals surface area contributed by atoms with Crippen molar-refractivity contribution in [2.45, 2.75) is 6.92 Å². The van der Waals surface area contributed by atoms with Gasteiger partial charge in [-0.3, -0.25) is 0 Å². The minimum Gasteiger partial charge on any atom is -0.493 e. The first kappa shape index (κ1) is 13.0. The van der Waals surface area contributed by atoms with E-state index in [0.29, 0.717) is 12.2 Å². The summed E-state index contributed by atoms with van der Waals surface area (Å²) in [6.07, 6.45) is 0. The van der Waals surface area contributed by atoms with Gasteiger partial charge in [0.05, 0.1) is 6.61 Å². The van der Waals surface area contributed by atoms with Crippen LogP contribution in [0.3, 0.4) is 0 Å². The minimum atomic E-state index is 0.0851. The maximum Gasteiger partial charge on any atom is 0.170 e. The summed E-state index contributed by atoms with van der Waals surface area (Å²) in [6, 6.07) is 15.2. The molecular weight excluding hydrogens is 240 g/mol. The predicted molar refractivity (Wildman–Crippen MR) is 75.6 cm³/mol. The molecule has 4 nitrogen and oxygen atoms in total. The van der Waals surface area contributed by atoms with Gasteiger partial charge in [-0.1, -0.05) is 47.6 Å². The molecule has 0 fully saturated rings. The van der Waals surface area contributed by atoms with E-state index in [1.807, 2.05) is 55.5 Å². The van der Waals surface area contributed by atoms with Crippen LogP contribution in [0.2, 0.25) is 0 Å². The number of nitrogens with zero attached hydrogens (tertiary/aromatic N) is 1. The molecule has 0 bridgehead atoms. The molecule has 2 aromatic carbocycles. The molecule has 0 saturated carbocycles. The highest BCUT2D eigenvalue weighted by Crippen LogP contribution is 2.32. The molecule has 19 heavy (non-hydrogen) atoms. The van der Waals surface area contributed by atoms with Crippen molar-refractivity contribution in [1.29, 1.82) is 0 Å². The summed E-state index contributed by atoms with van der Waals surface area (Å²) in [6.45, 7) is 2.52. The Balaban J connectivity index is 2.59. The molecule has 3 N–H and O–H groups in total. The Labute approximate surface area is 112 Å². The Morgan fingerprint density at radius 1 is 1.11 bits per heavy atom. The summed E-state index contributed by atoms with van der Waals surface area (Å²) in [5.41, 5.74) is 8.19. The molecule has 0 aliphatic carbocycles. The van der Waals surface area contributed by atoms with Crippen LogP contribution in [0.4, 0.5) is 0 Å². The highest BCUT2D eigenvalue weighted by Gasteiger charge is 2.12. The van der Waals surface area contributed by atoms with Crippen molar-refractivity contribution in [3.63, 3.8) is 0 Å². The maximum absolute atomic E-state index is 8.86. The second kappa shape index (κ2) is 5.91. The second-order valence-electron chi connectivity index (χ2n) is 3.96. The van der Waals surface area contributed by atoms with Crippen LogP contribution < -0.4 is 10.5 Å². The number of benzene rings is 2. The fraction of sp³-hybridized carbons (Fsp3) is 0.133. The van der Waals surface area contributed by atoms with Crippen molar-refractivity contribution < 1.29 is 9.94 Å². The van der Waals surface area contributed by atoms with Crippen LogP contribution in [0, 0.1) is 0 Å². The zero-order chi connectivity index (χ0) is 13.7. The van der Waals surface area contributed by atoms with Gasteiger partial charge in [-0.15, -0.1) is 0 Å². The largest absolute Gasteiger partial charge is 0.493 e. The molecule has 0 heterocycles. The Morgan fingerprint density at radius 3 is 2.42 bits per heavy atom. The molecular formula is C15H16N2O2. The van der Waals surface area contributed by atoms with E-state index in [9.17, 15) is 0 Å². The summed E-state index contributed by atoms with van der Waals surface area (Å²) in [5.74, 6) is 0.866. The number of para-hydroxylation sites is 1. The summed E-state index contributed by atoms with van der Waals surface area (Å²) in [5, 5.41) is 11.9. The van der Waals surface area contributed by atoms with Gasteiger partial charge < -0.3 is 15.7 Å². The van der Waals surface area contributed by atoms with E-state index in [0.717, 1.165) is 16.9 Å². The van der Waals surface area contributed by atoms with Gasteiger partial charge in [0.15, 0.2) is 5.84 Å². The minimum absolute atomic E-state index is 0.0851. The molecule has 0 unspecified atom stereocenters. The Morgan fingerprint density at radius 2 is 1.74 bits per heavy atom. The van der Waals surface area contributed by atoms with Gasteiger partial charge in [0, 0.05) is 11.1 Å². The molecule has 0 saturated heterocycles. The standard InChI is InChI=1S/C15H16N2O2/c1-2-19-14-10-6-5-8-12(14)11-7-3-4-9-13(11)15(16)17-18/h3-10,18H,2H2,1H3,(H2,16,17). The van der Waals surface area contributed by atoms with Crippen LogP contribution in [0.25, 0.3) is 11.1 Å². The summed E-state index contributed by atoms with van der Waals surface area (Å²) in [7, 11) is 0.